The Morgan fingerprint density at radius 1 is 1.04 bits per heavy atom. The molecule has 1 N–H and O–H groups in total. The minimum atomic E-state index is -3.47. The summed E-state index contributed by atoms with van der Waals surface area (Å²) in [7, 11) is -0.500. The van der Waals surface area contributed by atoms with E-state index in [1.54, 1.807) is 12.1 Å². The molecule has 0 saturated heterocycles. The summed E-state index contributed by atoms with van der Waals surface area (Å²) in [6.45, 7) is 1.96. The minimum Gasteiger partial charge on any atom is -0.326 e. The highest BCUT2D eigenvalue weighted by Crippen LogP contribution is 2.22. The van der Waals surface area contributed by atoms with Gasteiger partial charge in [0.25, 0.3) is 0 Å². The molecule has 128 valence electrons. The fraction of sp³-hybridized carbons (Fsp3) is 0.278. The number of carbonyl (C=O) groups excluding carboxylic acids is 1. The van der Waals surface area contributed by atoms with Crippen molar-refractivity contribution in [3.63, 3.8) is 0 Å². The van der Waals surface area contributed by atoms with Crippen LogP contribution in [0.3, 0.4) is 0 Å². The molecule has 1 amide bonds. The van der Waals surface area contributed by atoms with Crippen LogP contribution in [0.1, 0.15) is 24.8 Å². The van der Waals surface area contributed by atoms with Crippen LogP contribution < -0.4 is 5.32 Å². The van der Waals surface area contributed by atoms with Crippen LogP contribution in [0.2, 0.25) is 0 Å². The molecule has 2 rings (SSSR count). The molecule has 1 atom stereocenters. The molecular formula is C18H22N2O3S. The second-order valence-electron chi connectivity index (χ2n) is 5.67. The van der Waals surface area contributed by atoms with Crippen molar-refractivity contribution in [1.29, 1.82) is 0 Å². The van der Waals surface area contributed by atoms with E-state index in [-0.39, 0.29) is 16.7 Å². The molecule has 0 fully saturated rings. The van der Waals surface area contributed by atoms with Crippen molar-refractivity contribution >= 4 is 21.6 Å². The zero-order valence-electron chi connectivity index (χ0n) is 14.1. The first-order valence-electron chi connectivity index (χ1n) is 7.74. The molecule has 6 heteroatoms. The number of anilines is 1. The molecule has 0 heterocycles. The van der Waals surface area contributed by atoms with E-state index in [0.29, 0.717) is 12.1 Å². The molecule has 0 bridgehead atoms. The average molecular weight is 346 g/mol. The number of nitrogens with one attached hydrogen (secondary N) is 1. The third kappa shape index (κ3) is 4.01. The largest absolute Gasteiger partial charge is 0.326 e. The summed E-state index contributed by atoms with van der Waals surface area (Å²) < 4.78 is 25.2. The van der Waals surface area contributed by atoms with Crippen molar-refractivity contribution in [2.75, 3.05) is 19.4 Å². The van der Waals surface area contributed by atoms with Crippen LogP contribution in [0.4, 0.5) is 5.69 Å². The van der Waals surface area contributed by atoms with Crippen molar-refractivity contribution in [3.8, 4) is 0 Å². The van der Waals surface area contributed by atoms with Gasteiger partial charge in [0.15, 0.2) is 0 Å². The molecular weight excluding hydrogens is 324 g/mol. The third-order valence-corrected chi connectivity index (χ3v) is 5.66. The van der Waals surface area contributed by atoms with Gasteiger partial charge in [-0.05, 0) is 36.2 Å². The van der Waals surface area contributed by atoms with Crippen molar-refractivity contribution in [1.82, 2.24) is 4.31 Å². The molecule has 0 aliphatic heterocycles. The first-order chi connectivity index (χ1) is 11.4. The number of nitrogens with zero attached hydrogens (tertiary/aromatic N) is 1. The third-order valence-electron chi connectivity index (χ3n) is 3.83. The Morgan fingerprint density at radius 2 is 1.62 bits per heavy atom. The van der Waals surface area contributed by atoms with Crippen molar-refractivity contribution < 1.29 is 13.2 Å². The van der Waals surface area contributed by atoms with Crippen molar-refractivity contribution in [3.05, 3.63) is 60.2 Å². The molecule has 2 aromatic rings. The summed E-state index contributed by atoms with van der Waals surface area (Å²) in [5.41, 5.74) is 1.54. The van der Waals surface area contributed by atoms with E-state index >= 15 is 0 Å². The van der Waals surface area contributed by atoms with E-state index < -0.39 is 10.0 Å². The lowest BCUT2D eigenvalue weighted by Crippen LogP contribution is -2.22. The maximum absolute atomic E-state index is 12.5. The fourth-order valence-electron chi connectivity index (χ4n) is 2.41. The Hall–Kier alpha value is -2.18. The van der Waals surface area contributed by atoms with Gasteiger partial charge >= 0.3 is 0 Å². The van der Waals surface area contributed by atoms with Gasteiger partial charge in [0.2, 0.25) is 15.9 Å². The number of carbonyl (C=O) groups is 1. The molecule has 0 aliphatic rings. The summed E-state index contributed by atoms with van der Waals surface area (Å²) in [5, 5.41) is 2.85. The van der Waals surface area contributed by atoms with Crippen LogP contribution >= 0.6 is 0 Å². The van der Waals surface area contributed by atoms with E-state index in [1.807, 2.05) is 37.3 Å². The van der Waals surface area contributed by atoms with E-state index in [2.05, 4.69) is 5.32 Å². The van der Waals surface area contributed by atoms with Gasteiger partial charge in [-0.1, -0.05) is 37.3 Å². The number of rotatable bonds is 6. The SMILES string of the molecule is CC[C@H](C(=O)Nc1ccc(S(=O)(=O)N(C)C)cc1)c1ccccc1. The zero-order chi connectivity index (χ0) is 17.7. The van der Waals surface area contributed by atoms with Crippen LogP contribution in [0.5, 0.6) is 0 Å². The topological polar surface area (TPSA) is 66.5 Å². The molecule has 0 aromatic heterocycles. The Kier molecular flexibility index (Phi) is 5.75. The van der Waals surface area contributed by atoms with E-state index in [4.69, 9.17) is 0 Å². The highest BCUT2D eigenvalue weighted by molar-refractivity contribution is 7.89. The van der Waals surface area contributed by atoms with Crippen molar-refractivity contribution in [2.24, 2.45) is 0 Å². The predicted molar refractivity (Wildman–Crippen MR) is 95.4 cm³/mol. The Labute approximate surface area is 143 Å². The second kappa shape index (κ2) is 7.59. The fourth-order valence-corrected chi connectivity index (χ4v) is 3.31. The van der Waals surface area contributed by atoms with Crippen LogP contribution in [0.15, 0.2) is 59.5 Å². The number of benzene rings is 2. The van der Waals surface area contributed by atoms with Gasteiger partial charge in [0, 0.05) is 19.8 Å². The molecule has 0 saturated carbocycles. The maximum Gasteiger partial charge on any atom is 0.242 e. The van der Waals surface area contributed by atoms with Crippen LogP contribution in [-0.4, -0.2) is 32.7 Å². The van der Waals surface area contributed by atoms with Gasteiger partial charge < -0.3 is 5.32 Å². The van der Waals surface area contributed by atoms with Gasteiger partial charge in [0.1, 0.15) is 0 Å². The highest BCUT2D eigenvalue weighted by atomic mass is 32.2. The number of hydrogen-bond acceptors (Lipinski definition) is 3. The smallest absolute Gasteiger partial charge is 0.242 e. The highest BCUT2D eigenvalue weighted by Gasteiger charge is 2.20. The normalized spacial score (nSPS) is 12.8. The molecule has 5 nitrogen and oxygen atoms in total. The summed E-state index contributed by atoms with van der Waals surface area (Å²) in [6.07, 6.45) is 0.683. The monoisotopic (exact) mass is 346 g/mol. The molecule has 0 aliphatic carbocycles. The van der Waals surface area contributed by atoms with E-state index in [0.717, 1.165) is 9.87 Å². The Balaban J connectivity index is 2.15. The minimum absolute atomic E-state index is 0.105. The van der Waals surface area contributed by atoms with Gasteiger partial charge in [-0.2, -0.15) is 0 Å². The van der Waals surface area contributed by atoms with Gasteiger partial charge in [-0.15, -0.1) is 0 Å². The lowest BCUT2D eigenvalue weighted by Gasteiger charge is -2.16. The molecule has 0 spiro atoms. The summed E-state index contributed by atoms with van der Waals surface area (Å²) in [6, 6.07) is 15.8. The number of hydrogen-bond donors (Lipinski definition) is 1. The second-order valence-corrected chi connectivity index (χ2v) is 7.82. The predicted octanol–water partition coefficient (Wildman–Crippen LogP) is 3.07. The number of sulfonamides is 1. The molecule has 0 radical (unpaired) electrons. The van der Waals surface area contributed by atoms with Crippen LogP contribution in [0, 0.1) is 0 Å². The van der Waals surface area contributed by atoms with E-state index in [9.17, 15) is 13.2 Å². The molecule has 2 aromatic carbocycles. The maximum atomic E-state index is 12.5. The van der Waals surface area contributed by atoms with Gasteiger partial charge in [0.05, 0.1) is 10.8 Å². The standard InChI is InChI=1S/C18H22N2O3S/c1-4-17(14-8-6-5-7-9-14)18(21)19-15-10-12-16(13-11-15)24(22,23)20(2)3/h5-13,17H,4H2,1-3H3,(H,19,21)/t17-/m0/s1. The molecule has 0 unspecified atom stereocenters. The average Bonchev–Trinajstić information content (AvgIpc) is 2.57. The first kappa shape index (κ1) is 18.2. The Bertz CT molecular complexity index is 785. The van der Waals surface area contributed by atoms with Gasteiger partial charge in [-0.25, -0.2) is 12.7 Å². The Morgan fingerprint density at radius 3 is 2.12 bits per heavy atom. The quantitative estimate of drug-likeness (QED) is 0.874. The lowest BCUT2D eigenvalue weighted by molar-refractivity contribution is -0.117. The summed E-state index contributed by atoms with van der Waals surface area (Å²) in [4.78, 5) is 12.7. The van der Waals surface area contributed by atoms with Crippen molar-refractivity contribution in [2.45, 2.75) is 24.2 Å². The van der Waals surface area contributed by atoms with E-state index in [1.165, 1.54) is 26.2 Å². The van der Waals surface area contributed by atoms with Gasteiger partial charge in [-0.3, -0.25) is 4.79 Å². The summed E-state index contributed by atoms with van der Waals surface area (Å²) >= 11 is 0. The number of amides is 1. The first-order valence-corrected chi connectivity index (χ1v) is 9.18. The van der Waals surface area contributed by atoms with Crippen LogP contribution in [-0.2, 0) is 14.8 Å². The lowest BCUT2D eigenvalue weighted by atomic mass is 9.95. The molecule has 24 heavy (non-hydrogen) atoms. The van der Waals surface area contributed by atoms with Crippen LogP contribution in [0.25, 0.3) is 0 Å². The summed E-state index contributed by atoms with van der Waals surface area (Å²) in [5.74, 6) is -0.344. The zero-order valence-corrected chi connectivity index (χ0v) is 14.9.